The Balaban J connectivity index is 1.45. The Morgan fingerprint density at radius 3 is 2.63 bits per heavy atom. The first-order chi connectivity index (χ1) is 14.6. The second-order valence-electron chi connectivity index (χ2n) is 6.86. The number of carbonyl (C=O) groups is 2. The lowest BCUT2D eigenvalue weighted by Gasteiger charge is -2.33. The van der Waals surface area contributed by atoms with Crippen LogP contribution >= 0.6 is 15.9 Å². The first kappa shape index (κ1) is 20.1. The second kappa shape index (κ2) is 9.09. The fourth-order valence-corrected chi connectivity index (χ4v) is 3.71. The summed E-state index contributed by atoms with van der Waals surface area (Å²) >= 11 is 3.42. The minimum atomic E-state index is -0.725. The van der Waals surface area contributed by atoms with Crippen LogP contribution in [0.15, 0.2) is 77.4 Å². The van der Waals surface area contributed by atoms with Crippen molar-refractivity contribution >= 4 is 39.2 Å². The van der Waals surface area contributed by atoms with E-state index in [-0.39, 0.29) is 18.2 Å². The molecule has 30 heavy (non-hydrogen) atoms. The molecule has 2 heterocycles. The Bertz CT molecular complexity index is 1060. The maximum absolute atomic E-state index is 13.2. The number of nitrogens with one attached hydrogen (secondary N) is 1. The fraction of sp³-hybridized carbons (Fsp3) is 0.174. The van der Waals surface area contributed by atoms with Crippen LogP contribution in [0.5, 0.6) is 5.75 Å². The summed E-state index contributed by atoms with van der Waals surface area (Å²) in [7, 11) is 0. The van der Waals surface area contributed by atoms with Crippen molar-refractivity contribution in [1.82, 2.24) is 4.98 Å². The highest BCUT2D eigenvalue weighted by Gasteiger charge is 2.36. The van der Waals surface area contributed by atoms with Crippen LogP contribution in [0.3, 0.4) is 0 Å². The van der Waals surface area contributed by atoms with Gasteiger partial charge in [-0.3, -0.25) is 14.5 Å². The lowest BCUT2D eigenvalue weighted by Crippen LogP contribution is -2.42. The van der Waals surface area contributed by atoms with Crippen LogP contribution in [0.4, 0.5) is 11.5 Å². The molecule has 0 bridgehead atoms. The number of amides is 2. The molecule has 1 aromatic heterocycles. The Morgan fingerprint density at radius 1 is 1.07 bits per heavy atom. The summed E-state index contributed by atoms with van der Waals surface area (Å²) in [6.45, 7) is 0.374. The quantitative estimate of drug-likeness (QED) is 0.570. The van der Waals surface area contributed by atoms with Crippen molar-refractivity contribution in [2.24, 2.45) is 0 Å². The van der Waals surface area contributed by atoms with Gasteiger partial charge in [0.1, 0.15) is 0 Å². The molecule has 1 aliphatic heterocycles. The Morgan fingerprint density at radius 2 is 1.83 bits per heavy atom. The molecule has 2 aromatic carbocycles. The SMILES string of the molecule is O=C(CCCN1C(=O)[C@@H](c2ccccc2)Oc2cccnc21)Nc1ccccc1Br. The molecule has 1 atom stereocenters. The molecular weight excluding hydrogens is 446 g/mol. The number of pyridine rings is 1. The minimum Gasteiger partial charge on any atom is -0.472 e. The van der Waals surface area contributed by atoms with Gasteiger partial charge in [-0.25, -0.2) is 4.98 Å². The topological polar surface area (TPSA) is 71.5 Å². The predicted octanol–water partition coefficient (Wildman–Crippen LogP) is 4.73. The molecule has 3 aromatic rings. The van der Waals surface area contributed by atoms with E-state index in [0.29, 0.717) is 24.5 Å². The number of para-hydroxylation sites is 1. The molecule has 0 fully saturated rings. The average Bonchev–Trinajstić information content (AvgIpc) is 2.77. The van der Waals surface area contributed by atoms with E-state index in [0.717, 1.165) is 15.7 Å². The van der Waals surface area contributed by atoms with Crippen molar-refractivity contribution in [1.29, 1.82) is 0 Å². The number of ether oxygens (including phenoxy) is 1. The number of fused-ring (bicyclic) bond motifs is 1. The van der Waals surface area contributed by atoms with Crippen molar-refractivity contribution in [3.8, 4) is 5.75 Å². The summed E-state index contributed by atoms with van der Waals surface area (Å²) in [5.41, 5.74) is 1.51. The first-order valence-electron chi connectivity index (χ1n) is 9.66. The van der Waals surface area contributed by atoms with E-state index < -0.39 is 6.10 Å². The molecular formula is C23H20BrN3O3. The van der Waals surface area contributed by atoms with Crippen LogP contribution < -0.4 is 15.0 Å². The highest BCUT2D eigenvalue weighted by molar-refractivity contribution is 9.10. The molecule has 4 rings (SSSR count). The van der Waals surface area contributed by atoms with Crippen LogP contribution in [0, 0.1) is 0 Å². The number of halogens is 1. The standard InChI is InChI=1S/C23H20BrN3O3/c24-17-10-4-5-11-18(17)26-20(28)13-7-15-27-22-19(12-6-14-25-22)30-21(23(27)29)16-8-2-1-3-9-16/h1-6,8-12,14,21H,7,13,15H2,(H,26,28)/t21-/m1/s1. The van der Waals surface area contributed by atoms with E-state index in [4.69, 9.17) is 4.74 Å². The molecule has 0 saturated carbocycles. The van der Waals surface area contributed by atoms with Gasteiger partial charge in [0.2, 0.25) is 12.0 Å². The van der Waals surface area contributed by atoms with E-state index >= 15 is 0 Å². The molecule has 0 spiro atoms. The summed E-state index contributed by atoms with van der Waals surface area (Å²) in [5.74, 6) is 0.756. The minimum absolute atomic E-state index is 0.108. The number of nitrogens with zero attached hydrogens (tertiary/aromatic N) is 2. The zero-order valence-electron chi connectivity index (χ0n) is 16.1. The third-order valence-corrected chi connectivity index (χ3v) is 5.47. The zero-order valence-corrected chi connectivity index (χ0v) is 17.7. The van der Waals surface area contributed by atoms with Gasteiger partial charge in [-0.15, -0.1) is 0 Å². The van der Waals surface area contributed by atoms with Crippen molar-refractivity contribution in [3.05, 3.63) is 83.0 Å². The lowest BCUT2D eigenvalue weighted by atomic mass is 10.1. The Hall–Kier alpha value is -3.19. The second-order valence-corrected chi connectivity index (χ2v) is 7.71. The van der Waals surface area contributed by atoms with Gasteiger partial charge in [-0.05, 0) is 46.6 Å². The molecule has 7 heteroatoms. The molecule has 0 unspecified atom stereocenters. The van der Waals surface area contributed by atoms with Crippen molar-refractivity contribution in [2.75, 3.05) is 16.8 Å². The van der Waals surface area contributed by atoms with Gasteiger partial charge in [-0.1, -0.05) is 42.5 Å². The van der Waals surface area contributed by atoms with Gasteiger partial charge in [0.15, 0.2) is 11.6 Å². The van der Waals surface area contributed by atoms with Crippen molar-refractivity contribution < 1.29 is 14.3 Å². The van der Waals surface area contributed by atoms with E-state index in [2.05, 4.69) is 26.2 Å². The number of anilines is 2. The van der Waals surface area contributed by atoms with Gasteiger partial charge < -0.3 is 10.1 Å². The number of benzene rings is 2. The molecule has 0 saturated heterocycles. The van der Waals surface area contributed by atoms with Gasteiger partial charge in [0.25, 0.3) is 5.91 Å². The summed E-state index contributed by atoms with van der Waals surface area (Å²) in [6.07, 6.45) is 1.69. The highest BCUT2D eigenvalue weighted by atomic mass is 79.9. The maximum atomic E-state index is 13.2. The predicted molar refractivity (Wildman–Crippen MR) is 118 cm³/mol. The fourth-order valence-electron chi connectivity index (χ4n) is 3.33. The molecule has 2 amide bonds. The smallest absolute Gasteiger partial charge is 0.274 e. The Kier molecular flexibility index (Phi) is 6.09. The highest BCUT2D eigenvalue weighted by Crippen LogP contribution is 2.37. The third-order valence-electron chi connectivity index (χ3n) is 4.78. The van der Waals surface area contributed by atoms with Crippen LogP contribution in [-0.2, 0) is 9.59 Å². The number of rotatable bonds is 6. The summed E-state index contributed by atoms with van der Waals surface area (Å²) in [6, 6.07) is 20.4. The van der Waals surface area contributed by atoms with E-state index in [9.17, 15) is 9.59 Å². The average molecular weight is 466 g/mol. The largest absolute Gasteiger partial charge is 0.472 e. The van der Waals surface area contributed by atoms with Gasteiger partial charge in [0, 0.05) is 29.2 Å². The maximum Gasteiger partial charge on any atom is 0.274 e. The summed E-state index contributed by atoms with van der Waals surface area (Å²) < 4.78 is 6.77. The molecule has 0 aliphatic carbocycles. The van der Waals surface area contributed by atoms with Gasteiger partial charge >= 0.3 is 0 Å². The summed E-state index contributed by atoms with van der Waals surface area (Å²) in [5, 5.41) is 2.88. The van der Waals surface area contributed by atoms with E-state index in [1.165, 1.54) is 0 Å². The molecule has 152 valence electrons. The number of aromatic nitrogens is 1. The van der Waals surface area contributed by atoms with Crippen LogP contribution in [-0.4, -0.2) is 23.3 Å². The summed E-state index contributed by atoms with van der Waals surface area (Å²) in [4.78, 5) is 31.4. The lowest BCUT2D eigenvalue weighted by molar-refractivity contribution is -0.127. The van der Waals surface area contributed by atoms with Crippen LogP contribution in [0.2, 0.25) is 0 Å². The van der Waals surface area contributed by atoms with Gasteiger partial charge in [0.05, 0.1) is 5.69 Å². The first-order valence-corrected chi connectivity index (χ1v) is 10.4. The van der Waals surface area contributed by atoms with E-state index in [1.807, 2.05) is 54.6 Å². The normalized spacial score (nSPS) is 15.3. The number of carbonyl (C=O) groups excluding carboxylic acids is 2. The molecule has 0 radical (unpaired) electrons. The molecule has 1 aliphatic rings. The van der Waals surface area contributed by atoms with Gasteiger partial charge in [-0.2, -0.15) is 0 Å². The monoisotopic (exact) mass is 465 g/mol. The van der Waals surface area contributed by atoms with Crippen LogP contribution in [0.25, 0.3) is 0 Å². The van der Waals surface area contributed by atoms with Crippen molar-refractivity contribution in [3.63, 3.8) is 0 Å². The van der Waals surface area contributed by atoms with Crippen molar-refractivity contribution in [2.45, 2.75) is 18.9 Å². The molecule has 6 nitrogen and oxygen atoms in total. The van der Waals surface area contributed by atoms with E-state index in [1.54, 1.807) is 23.2 Å². The zero-order chi connectivity index (χ0) is 20.9. The number of hydrogen-bond donors (Lipinski definition) is 1. The van der Waals surface area contributed by atoms with Crippen LogP contribution in [0.1, 0.15) is 24.5 Å². The Labute approximate surface area is 183 Å². The number of hydrogen-bond acceptors (Lipinski definition) is 4. The molecule has 1 N–H and O–H groups in total. The third kappa shape index (κ3) is 4.36.